The van der Waals surface area contributed by atoms with E-state index in [2.05, 4.69) is 30.9 Å². The third-order valence-corrected chi connectivity index (χ3v) is 4.33. The van der Waals surface area contributed by atoms with Crippen LogP contribution in [0.2, 0.25) is 0 Å². The summed E-state index contributed by atoms with van der Waals surface area (Å²) in [7, 11) is 0. The Morgan fingerprint density at radius 3 is 2.69 bits per heavy atom. The molecule has 0 aromatic heterocycles. The molecule has 0 saturated carbocycles. The molecule has 1 aliphatic heterocycles. The number of benzene rings is 2. The zero-order valence-corrected chi connectivity index (χ0v) is 15.2. The molecule has 2 aromatic carbocycles. The largest absolute Gasteiger partial charge is 0.477 e. The van der Waals surface area contributed by atoms with Crippen LogP contribution in [0.25, 0.3) is 10.4 Å². The molecule has 0 N–H and O–H groups in total. The molecule has 1 heterocycles. The summed E-state index contributed by atoms with van der Waals surface area (Å²) in [6, 6.07) is 15.2. The summed E-state index contributed by atoms with van der Waals surface area (Å²) < 4.78 is 11.8. The van der Waals surface area contributed by atoms with Crippen molar-refractivity contribution in [2.45, 2.75) is 12.1 Å². The van der Waals surface area contributed by atoms with E-state index < -0.39 is 18.1 Å². The first-order valence-corrected chi connectivity index (χ1v) is 8.69. The van der Waals surface area contributed by atoms with Gasteiger partial charge in [0, 0.05) is 14.9 Å². The molecule has 1 aliphatic rings. The molecule has 2 atom stereocenters. The minimum absolute atomic E-state index is 0.00171. The molecule has 132 valence electrons. The van der Waals surface area contributed by atoms with E-state index in [1.165, 1.54) is 0 Å². The standard InChI is InChI=1S/C18H15BrN4O3/c19-14-8-6-13(7-9-14)18(24)26-10-15-16(22-23-20)11-25-17(21-15)12-4-2-1-3-5-12/h1-9,15-16H,10-11H2/t15-,16-/m1/s1. The highest BCUT2D eigenvalue weighted by Crippen LogP contribution is 2.17. The topological polar surface area (TPSA) is 96.7 Å². The van der Waals surface area contributed by atoms with Crippen molar-refractivity contribution in [3.63, 3.8) is 0 Å². The van der Waals surface area contributed by atoms with Crippen LogP contribution in [-0.4, -0.2) is 37.2 Å². The summed E-state index contributed by atoms with van der Waals surface area (Å²) in [5, 5.41) is 3.71. The summed E-state index contributed by atoms with van der Waals surface area (Å²) in [6.45, 7) is 0.177. The third-order valence-electron chi connectivity index (χ3n) is 3.80. The van der Waals surface area contributed by atoms with Crippen molar-refractivity contribution in [1.82, 2.24) is 0 Å². The molecule has 0 saturated heterocycles. The maximum Gasteiger partial charge on any atom is 0.338 e. The van der Waals surface area contributed by atoms with E-state index in [1.807, 2.05) is 30.3 Å². The number of azide groups is 1. The summed E-state index contributed by atoms with van der Waals surface area (Å²) in [5.74, 6) is -0.0141. The van der Waals surface area contributed by atoms with Gasteiger partial charge in [0.05, 0.1) is 17.6 Å². The van der Waals surface area contributed by atoms with Crippen LogP contribution in [0.1, 0.15) is 15.9 Å². The van der Waals surface area contributed by atoms with Crippen LogP contribution < -0.4 is 0 Å². The van der Waals surface area contributed by atoms with Crippen LogP contribution in [-0.2, 0) is 9.47 Å². The van der Waals surface area contributed by atoms with E-state index in [9.17, 15) is 4.79 Å². The first-order chi connectivity index (χ1) is 12.7. The van der Waals surface area contributed by atoms with Gasteiger partial charge in [-0.25, -0.2) is 9.79 Å². The molecule has 26 heavy (non-hydrogen) atoms. The number of nitrogens with zero attached hydrogens (tertiary/aromatic N) is 4. The van der Waals surface area contributed by atoms with Gasteiger partial charge in [-0.2, -0.15) is 0 Å². The van der Waals surface area contributed by atoms with Gasteiger partial charge in [-0.15, -0.1) is 0 Å². The zero-order chi connectivity index (χ0) is 18.4. The lowest BCUT2D eigenvalue weighted by Crippen LogP contribution is -2.38. The van der Waals surface area contributed by atoms with Crippen molar-refractivity contribution in [3.05, 3.63) is 80.6 Å². The number of ether oxygens (including phenoxy) is 2. The van der Waals surface area contributed by atoms with Gasteiger partial charge in [0.2, 0.25) is 5.90 Å². The Labute approximate surface area is 158 Å². The summed E-state index contributed by atoms with van der Waals surface area (Å²) in [5.41, 5.74) is 10.00. The van der Waals surface area contributed by atoms with Crippen molar-refractivity contribution < 1.29 is 14.3 Å². The van der Waals surface area contributed by atoms with E-state index >= 15 is 0 Å². The first-order valence-electron chi connectivity index (χ1n) is 7.90. The second-order valence-corrected chi connectivity index (χ2v) is 6.47. The monoisotopic (exact) mass is 414 g/mol. The van der Waals surface area contributed by atoms with Gasteiger partial charge in [-0.3, -0.25) is 0 Å². The van der Waals surface area contributed by atoms with Crippen LogP contribution >= 0.6 is 15.9 Å². The highest BCUT2D eigenvalue weighted by Gasteiger charge is 2.28. The zero-order valence-electron chi connectivity index (χ0n) is 13.7. The van der Waals surface area contributed by atoms with E-state index in [0.29, 0.717) is 11.5 Å². The third kappa shape index (κ3) is 4.41. The number of hydrogen-bond acceptors (Lipinski definition) is 5. The minimum atomic E-state index is -0.537. The van der Waals surface area contributed by atoms with Gasteiger partial charge in [0.1, 0.15) is 13.2 Å². The lowest BCUT2D eigenvalue weighted by atomic mass is 10.1. The van der Waals surface area contributed by atoms with Gasteiger partial charge in [-0.05, 0) is 41.9 Å². The number of carbonyl (C=O) groups excluding carboxylic acids is 1. The summed E-state index contributed by atoms with van der Waals surface area (Å²) in [6.07, 6.45) is 0. The van der Waals surface area contributed by atoms with Gasteiger partial charge >= 0.3 is 5.97 Å². The predicted octanol–water partition coefficient (Wildman–Crippen LogP) is 4.13. The molecular formula is C18H15BrN4O3. The summed E-state index contributed by atoms with van der Waals surface area (Å²) >= 11 is 3.32. The molecule has 8 heteroatoms. The van der Waals surface area contributed by atoms with Gasteiger partial charge in [0.25, 0.3) is 0 Å². The van der Waals surface area contributed by atoms with Crippen molar-refractivity contribution in [2.24, 2.45) is 10.1 Å². The Morgan fingerprint density at radius 1 is 1.27 bits per heavy atom. The molecule has 7 nitrogen and oxygen atoms in total. The SMILES string of the molecule is [N-]=[N+]=N[C@@H]1COC(c2ccccc2)=N[C@@H]1COC(=O)c1ccc(Br)cc1. The summed E-state index contributed by atoms with van der Waals surface area (Å²) in [4.78, 5) is 19.5. The van der Waals surface area contributed by atoms with E-state index in [4.69, 9.17) is 15.0 Å². The predicted molar refractivity (Wildman–Crippen MR) is 100 cm³/mol. The molecule has 0 unspecified atom stereocenters. The fraction of sp³-hybridized carbons (Fsp3) is 0.222. The van der Waals surface area contributed by atoms with Crippen LogP contribution in [0.3, 0.4) is 0 Å². The molecule has 0 spiro atoms. The van der Waals surface area contributed by atoms with Crippen molar-refractivity contribution in [3.8, 4) is 0 Å². The van der Waals surface area contributed by atoms with Crippen molar-refractivity contribution >= 4 is 27.8 Å². The lowest BCUT2D eigenvalue weighted by molar-refractivity contribution is 0.0451. The smallest absolute Gasteiger partial charge is 0.338 e. The van der Waals surface area contributed by atoms with E-state index in [-0.39, 0.29) is 13.2 Å². The second kappa shape index (κ2) is 8.51. The average Bonchev–Trinajstić information content (AvgIpc) is 2.68. The van der Waals surface area contributed by atoms with Crippen LogP contribution in [0.4, 0.5) is 0 Å². The second-order valence-electron chi connectivity index (χ2n) is 5.56. The van der Waals surface area contributed by atoms with Gasteiger partial charge in [-0.1, -0.05) is 39.2 Å². The quantitative estimate of drug-likeness (QED) is 0.318. The van der Waals surface area contributed by atoms with Gasteiger partial charge < -0.3 is 9.47 Å². The Hall–Kier alpha value is -2.83. The van der Waals surface area contributed by atoms with Crippen LogP contribution in [0, 0.1) is 0 Å². The number of esters is 1. The number of halogens is 1. The highest BCUT2D eigenvalue weighted by atomic mass is 79.9. The maximum absolute atomic E-state index is 12.2. The van der Waals surface area contributed by atoms with Crippen molar-refractivity contribution in [2.75, 3.05) is 13.2 Å². The van der Waals surface area contributed by atoms with Crippen LogP contribution in [0.15, 0.2) is 69.2 Å². The first kappa shape index (κ1) is 18.0. The van der Waals surface area contributed by atoms with Gasteiger partial charge in [0.15, 0.2) is 0 Å². The highest BCUT2D eigenvalue weighted by molar-refractivity contribution is 9.10. The molecule has 0 bridgehead atoms. The number of aliphatic imine (C=N–C) groups is 1. The molecule has 0 radical (unpaired) electrons. The average molecular weight is 415 g/mol. The Balaban J connectivity index is 1.74. The molecule has 0 amide bonds. The number of rotatable bonds is 5. The Morgan fingerprint density at radius 2 is 2.00 bits per heavy atom. The number of hydrogen-bond donors (Lipinski definition) is 0. The Kier molecular flexibility index (Phi) is 5.88. The molecule has 3 rings (SSSR count). The van der Waals surface area contributed by atoms with E-state index in [0.717, 1.165) is 10.0 Å². The maximum atomic E-state index is 12.2. The Bertz CT molecular complexity index is 848. The molecule has 0 fully saturated rings. The fourth-order valence-electron chi connectivity index (χ4n) is 2.44. The molecule has 0 aliphatic carbocycles. The number of carbonyl (C=O) groups is 1. The normalized spacial score (nSPS) is 18.9. The fourth-order valence-corrected chi connectivity index (χ4v) is 2.71. The van der Waals surface area contributed by atoms with E-state index in [1.54, 1.807) is 24.3 Å². The minimum Gasteiger partial charge on any atom is -0.477 e. The molecule has 2 aromatic rings. The van der Waals surface area contributed by atoms with Crippen LogP contribution in [0.5, 0.6) is 0 Å². The lowest BCUT2D eigenvalue weighted by Gasteiger charge is -2.26. The van der Waals surface area contributed by atoms with Crippen molar-refractivity contribution in [1.29, 1.82) is 0 Å². The molecular weight excluding hydrogens is 400 g/mol.